The zero-order valence-corrected chi connectivity index (χ0v) is 10.6. The Labute approximate surface area is 115 Å². The van der Waals surface area contributed by atoms with Crippen molar-refractivity contribution in [1.29, 1.82) is 0 Å². The van der Waals surface area contributed by atoms with E-state index in [1.807, 2.05) is 42.5 Å². The van der Waals surface area contributed by atoms with Gasteiger partial charge in [0.25, 0.3) is 0 Å². The van der Waals surface area contributed by atoms with Gasteiger partial charge in [0.05, 0.1) is 0 Å². The second-order valence-corrected chi connectivity index (χ2v) is 4.94. The summed E-state index contributed by atoms with van der Waals surface area (Å²) in [5.41, 5.74) is 1.65. The van der Waals surface area contributed by atoms with Crippen LogP contribution in [0.15, 0.2) is 59.4 Å². The van der Waals surface area contributed by atoms with Gasteiger partial charge >= 0.3 is 0 Å². The van der Waals surface area contributed by atoms with Crippen LogP contribution in [0.5, 0.6) is 0 Å². The quantitative estimate of drug-likeness (QED) is 0.617. The van der Waals surface area contributed by atoms with E-state index in [1.165, 1.54) is 0 Å². The molecular weight excluding hydrogens is 248 g/mol. The van der Waals surface area contributed by atoms with Gasteiger partial charge in [-0.1, -0.05) is 42.5 Å². The average molecular weight is 258 g/mol. The van der Waals surface area contributed by atoms with E-state index in [0.717, 1.165) is 21.7 Å². The van der Waals surface area contributed by atoms with Crippen LogP contribution in [0, 0.1) is 0 Å². The van der Waals surface area contributed by atoms with Crippen molar-refractivity contribution in [2.24, 2.45) is 0 Å². The number of benzene rings is 2. The number of allylic oxidation sites excluding steroid dienone is 1. The van der Waals surface area contributed by atoms with Gasteiger partial charge in [-0.15, -0.1) is 0 Å². The molecule has 0 N–H and O–H groups in total. The van der Waals surface area contributed by atoms with E-state index >= 15 is 0 Å². The predicted octanol–water partition coefficient (Wildman–Crippen LogP) is 3.56. The van der Waals surface area contributed by atoms with Crippen molar-refractivity contribution in [3.63, 3.8) is 0 Å². The molecule has 0 aromatic heterocycles. The van der Waals surface area contributed by atoms with Crippen LogP contribution in [0.3, 0.4) is 0 Å². The first-order valence-corrected chi connectivity index (χ1v) is 6.47. The molecule has 0 unspecified atom stereocenters. The minimum Gasteiger partial charge on any atom is -0.289 e. The van der Waals surface area contributed by atoms with Gasteiger partial charge in [-0.25, -0.2) is 0 Å². The van der Waals surface area contributed by atoms with Crippen molar-refractivity contribution in [3.8, 4) is 0 Å². The van der Waals surface area contributed by atoms with Crippen molar-refractivity contribution in [3.05, 3.63) is 76.0 Å². The summed E-state index contributed by atoms with van der Waals surface area (Å²) in [6.07, 6.45) is 3.40. The second-order valence-electron chi connectivity index (χ2n) is 4.94. The molecule has 1 aliphatic rings. The molecule has 94 valence electrons. The molecule has 0 fully saturated rings. The van der Waals surface area contributed by atoms with Crippen molar-refractivity contribution in [2.75, 3.05) is 0 Å². The third-order valence-corrected chi connectivity index (χ3v) is 3.78. The lowest BCUT2D eigenvalue weighted by molar-refractivity contribution is 0.104. The first-order chi connectivity index (χ1) is 9.75. The Morgan fingerprint density at radius 1 is 0.750 bits per heavy atom. The molecule has 0 saturated heterocycles. The number of ketones is 1. The number of hydrogen-bond donors (Lipinski definition) is 0. The lowest BCUT2D eigenvalue weighted by Gasteiger charge is -2.13. The Hall–Kier alpha value is -2.74. The fourth-order valence-electron chi connectivity index (χ4n) is 2.91. The first-order valence-electron chi connectivity index (χ1n) is 6.47. The maximum Gasteiger partial charge on any atom is 0.187 e. The molecule has 0 radical (unpaired) electrons. The summed E-state index contributed by atoms with van der Waals surface area (Å²) < 4.78 is 0. The molecule has 0 atom stereocenters. The van der Waals surface area contributed by atoms with Gasteiger partial charge in [0.1, 0.15) is 0 Å². The lowest BCUT2D eigenvalue weighted by atomic mass is 9.89. The Morgan fingerprint density at radius 2 is 1.60 bits per heavy atom. The number of rotatable bonds is 0. The smallest absolute Gasteiger partial charge is 0.187 e. The van der Waals surface area contributed by atoms with E-state index in [0.29, 0.717) is 10.9 Å². The van der Waals surface area contributed by atoms with Crippen LogP contribution in [0.25, 0.3) is 27.6 Å². The highest BCUT2D eigenvalue weighted by Gasteiger charge is 2.17. The largest absolute Gasteiger partial charge is 0.289 e. The molecule has 0 aliphatic heterocycles. The van der Waals surface area contributed by atoms with E-state index in [4.69, 9.17) is 0 Å². The van der Waals surface area contributed by atoms with E-state index in [9.17, 15) is 9.59 Å². The molecule has 0 spiro atoms. The lowest BCUT2D eigenvalue weighted by Crippen LogP contribution is -2.04. The molecule has 0 heterocycles. The Bertz CT molecular complexity index is 981. The van der Waals surface area contributed by atoms with Gasteiger partial charge in [0.15, 0.2) is 11.2 Å². The number of carbonyl (C=O) groups excluding carboxylic acids is 1. The van der Waals surface area contributed by atoms with Crippen LogP contribution in [-0.2, 0) is 0 Å². The van der Waals surface area contributed by atoms with E-state index < -0.39 is 0 Å². The molecule has 0 saturated carbocycles. The standard InChI is InChI=1S/C18H10O2/c19-15-9-8-11-5-3-6-13-17(11)14(15)10-12-4-1-2-7-16(20)18(12)13/h1-10H. The highest BCUT2D eigenvalue weighted by molar-refractivity contribution is 6.25. The van der Waals surface area contributed by atoms with Gasteiger partial charge in [-0.05, 0) is 34.5 Å². The monoisotopic (exact) mass is 258 g/mol. The molecule has 1 aliphatic carbocycles. The normalized spacial score (nSPS) is 13.1. The van der Waals surface area contributed by atoms with E-state index in [-0.39, 0.29) is 11.2 Å². The highest BCUT2D eigenvalue weighted by atomic mass is 16.1. The molecule has 4 rings (SSSR count). The number of fused-ring (bicyclic) bond motifs is 2. The fourth-order valence-corrected chi connectivity index (χ4v) is 2.91. The van der Waals surface area contributed by atoms with Crippen molar-refractivity contribution in [2.45, 2.75) is 0 Å². The van der Waals surface area contributed by atoms with Crippen LogP contribution in [0.1, 0.15) is 15.9 Å². The SMILES string of the molecule is O=C1C=Cc2cccc3c2c1cc1ccccc(=O)c13. The van der Waals surface area contributed by atoms with Crippen molar-refractivity contribution >= 4 is 33.4 Å². The summed E-state index contributed by atoms with van der Waals surface area (Å²) in [5, 5.41) is 3.23. The van der Waals surface area contributed by atoms with Crippen LogP contribution >= 0.6 is 0 Å². The topological polar surface area (TPSA) is 34.1 Å². The summed E-state index contributed by atoms with van der Waals surface area (Å²) in [5.74, 6) is -0.00504. The van der Waals surface area contributed by atoms with E-state index in [1.54, 1.807) is 18.2 Å². The van der Waals surface area contributed by atoms with E-state index in [2.05, 4.69) is 0 Å². The minimum absolute atomic E-state index is 0.00504. The summed E-state index contributed by atoms with van der Waals surface area (Å²) in [6.45, 7) is 0. The number of hydrogen-bond acceptors (Lipinski definition) is 2. The first kappa shape index (κ1) is 11.1. The summed E-state index contributed by atoms with van der Waals surface area (Å²) >= 11 is 0. The molecule has 0 amide bonds. The third-order valence-electron chi connectivity index (χ3n) is 3.78. The molecular formula is C18H10O2. The summed E-state index contributed by atoms with van der Waals surface area (Å²) in [6, 6.07) is 14.6. The minimum atomic E-state index is -0.0179. The zero-order chi connectivity index (χ0) is 13.7. The second kappa shape index (κ2) is 3.87. The molecule has 0 bridgehead atoms. The van der Waals surface area contributed by atoms with Crippen LogP contribution < -0.4 is 5.43 Å². The van der Waals surface area contributed by atoms with Gasteiger partial charge in [-0.2, -0.15) is 0 Å². The molecule has 3 aromatic carbocycles. The van der Waals surface area contributed by atoms with Gasteiger partial charge < -0.3 is 0 Å². The summed E-state index contributed by atoms with van der Waals surface area (Å²) in [4.78, 5) is 24.4. The van der Waals surface area contributed by atoms with Crippen LogP contribution in [0.4, 0.5) is 0 Å². The fraction of sp³-hybridized carbons (Fsp3) is 0. The third kappa shape index (κ3) is 1.39. The molecule has 2 nitrogen and oxygen atoms in total. The van der Waals surface area contributed by atoms with Gasteiger partial charge in [-0.3, -0.25) is 9.59 Å². The maximum atomic E-state index is 12.3. The van der Waals surface area contributed by atoms with Crippen molar-refractivity contribution < 1.29 is 4.79 Å². The molecule has 2 heteroatoms. The molecule has 3 aromatic rings. The summed E-state index contributed by atoms with van der Waals surface area (Å²) in [7, 11) is 0. The van der Waals surface area contributed by atoms with Gasteiger partial charge in [0, 0.05) is 16.3 Å². The Kier molecular flexibility index (Phi) is 2.15. The van der Waals surface area contributed by atoms with Gasteiger partial charge in [0.2, 0.25) is 0 Å². The number of carbonyl (C=O) groups is 1. The average Bonchev–Trinajstić information content (AvgIpc) is 2.65. The zero-order valence-electron chi connectivity index (χ0n) is 10.6. The highest BCUT2D eigenvalue weighted by Crippen LogP contribution is 2.32. The maximum absolute atomic E-state index is 12.3. The predicted molar refractivity (Wildman–Crippen MR) is 81.1 cm³/mol. The van der Waals surface area contributed by atoms with Crippen molar-refractivity contribution in [1.82, 2.24) is 0 Å². The van der Waals surface area contributed by atoms with Crippen LogP contribution in [0.2, 0.25) is 0 Å². The Morgan fingerprint density at radius 3 is 2.50 bits per heavy atom. The molecule has 20 heavy (non-hydrogen) atoms. The van der Waals surface area contributed by atoms with Crippen LogP contribution in [-0.4, -0.2) is 5.78 Å². The Balaban J connectivity index is 2.41.